The predicted octanol–water partition coefficient (Wildman–Crippen LogP) is 2.17. The fourth-order valence-electron chi connectivity index (χ4n) is 2.79. The summed E-state index contributed by atoms with van der Waals surface area (Å²) in [6, 6.07) is 10.8. The third-order valence-corrected chi connectivity index (χ3v) is 4.03. The lowest BCUT2D eigenvalue weighted by atomic mass is 9.99. The van der Waals surface area contributed by atoms with Gasteiger partial charge in [-0.3, -0.25) is 4.68 Å². The Morgan fingerprint density at radius 3 is 2.90 bits per heavy atom. The minimum absolute atomic E-state index is 0.418. The molecule has 1 fully saturated rings. The number of hydrogen-bond donors (Lipinski definition) is 1. The molecule has 1 aliphatic heterocycles. The SMILES string of the molecule is CNC(Cn1cc(-c2ccccc2)cn1)C1CCOC1. The Morgan fingerprint density at radius 1 is 1.35 bits per heavy atom. The summed E-state index contributed by atoms with van der Waals surface area (Å²) < 4.78 is 7.51. The maximum Gasteiger partial charge on any atom is 0.0568 e. The molecule has 0 spiro atoms. The van der Waals surface area contributed by atoms with Gasteiger partial charge in [-0.25, -0.2) is 0 Å². The molecule has 0 saturated carbocycles. The van der Waals surface area contributed by atoms with Crippen LogP contribution in [0.15, 0.2) is 42.7 Å². The summed E-state index contributed by atoms with van der Waals surface area (Å²) in [7, 11) is 2.02. The van der Waals surface area contributed by atoms with Crippen molar-refractivity contribution in [3.63, 3.8) is 0 Å². The van der Waals surface area contributed by atoms with Crippen molar-refractivity contribution in [3.05, 3.63) is 42.7 Å². The van der Waals surface area contributed by atoms with Gasteiger partial charge in [-0.2, -0.15) is 5.10 Å². The highest BCUT2D eigenvalue weighted by molar-refractivity contribution is 5.61. The van der Waals surface area contributed by atoms with Crippen molar-refractivity contribution >= 4 is 0 Å². The first kappa shape index (κ1) is 13.3. The largest absolute Gasteiger partial charge is 0.381 e. The predicted molar refractivity (Wildman–Crippen MR) is 79.4 cm³/mol. The van der Waals surface area contributed by atoms with Crippen molar-refractivity contribution in [2.24, 2.45) is 5.92 Å². The van der Waals surface area contributed by atoms with E-state index in [-0.39, 0.29) is 0 Å². The van der Waals surface area contributed by atoms with Crippen LogP contribution in [-0.4, -0.2) is 36.1 Å². The highest BCUT2D eigenvalue weighted by Crippen LogP contribution is 2.20. The summed E-state index contributed by atoms with van der Waals surface area (Å²) in [5.41, 5.74) is 2.38. The highest BCUT2D eigenvalue weighted by atomic mass is 16.5. The Hall–Kier alpha value is -1.65. The minimum Gasteiger partial charge on any atom is -0.381 e. The van der Waals surface area contributed by atoms with Gasteiger partial charge in [0.05, 0.1) is 19.3 Å². The van der Waals surface area contributed by atoms with Gasteiger partial charge in [-0.05, 0) is 19.0 Å². The number of hydrogen-bond acceptors (Lipinski definition) is 3. The van der Waals surface area contributed by atoms with Crippen LogP contribution in [-0.2, 0) is 11.3 Å². The van der Waals surface area contributed by atoms with Gasteiger partial charge in [0.1, 0.15) is 0 Å². The van der Waals surface area contributed by atoms with Gasteiger partial charge in [0, 0.05) is 30.3 Å². The Labute approximate surface area is 119 Å². The van der Waals surface area contributed by atoms with Crippen LogP contribution in [0.3, 0.4) is 0 Å². The number of benzene rings is 1. The highest BCUT2D eigenvalue weighted by Gasteiger charge is 2.25. The summed E-state index contributed by atoms with van der Waals surface area (Å²) in [5.74, 6) is 0.587. The van der Waals surface area contributed by atoms with E-state index in [0.29, 0.717) is 12.0 Å². The van der Waals surface area contributed by atoms with Crippen LogP contribution in [0.5, 0.6) is 0 Å². The molecule has 2 heterocycles. The molecule has 0 aliphatic carbocycles. The minimum atomic E-state index is 0.418. The molecule has 0 amide bonds. The van der Waals surface area contributed by atoms with Crippen LogP contribution in [0.2, 0.25) is 0 Å². The molecule has 3 rings (SSSR count). The van der Waals surface area contributed by atoms with Crippen molar-refractivity contribution in [2.75, 3.05) is 20.3 Å². The van der Waals surface area contributed by atoms with Crippen LogP contribution >= 0.6 is 0 Å². The van der Waals surface area contributed by atoms with E-state index >= 15 is 0 Å². The molecule has 2 atom stereocenters. The van der Waals surface area contributed by atoms with Crippen LogP contribution in [0.4, 0.5) is 0 Å². The van der Waals surface area contributed by atoms with E-state index in [9.17, 15) is 0 Å². The lowest BCUT2D eigenvalue weighted by Crippen LogP contribution is -2.37. The van der Waals surface area contributed by atoms with Crippen molar-refractivity contribution in [1.29, 1.82) is 0 Å². The molecular weight excluding hydrogens is 250 g/mol. The number of likely N-dealkylation sites (N-methyl/N-ethyl adjacent to an activating group) is 1. The van der Waals surface area contributed by atoms with Gasteiger partial charge in [0.25, 0.3) is 0 Å². The molecule has 106 valence electrons. The Bertz CT molecular complexity index is 532. The van der Waals surface area contributed by atoms with Crippen LogP contribution in [0, 0.1) is 5.92 Å². The molecule has 1 saturated heterocycles. The van der Waals surface area contributed by atoms with Crippen LogP contribution in [0.1, 0.15) is 6.42 Å². The number of aromatic nitrogens is 2. The number of nitrogens with zero attached hydrogens (tertiary/aromatic N) is 2. The van der Waals surface area contributed by atoms with E-state index in [0.717, 1.165) is 26.2 Å². The third kappa shape index (κ3) is 2.92. The van der Waals surface area contributed by atoms with Crippen LogP contribution in [0.25, 0.3) is 11.1 Å². The van der Waals surface area contributed by atoms with Crippen LogP contribution < -0.4 is 5.32 Å². The third-order valence-electron chi connectivity index (χ3n) is 4.03. The van der Waals surface area contributed by atoms with Crippen molar-refractivity contribution < 1.29 is 4.74 Å². The lowest BCUT2D eigenvalue weighted by molar-refractivity contribution is 0.174. The average Bonchev–Trinajstić information content (AvgIpc) is 3.17. The van der Waals surface area contributed by atoms with Gasteiger partial charge in [-0.1, -0.05) is 30.3 Å². The molecule has 0 radical (unpaired) electrons. The zero-order valence-electron chi connectivity index (χ0n) is 11.8. The summed E-state index contributed by atoms with van der Waals surface area (Å²) in [6.07, 6.45) is 5.20. The second-order valence-corrected chi connectivity index (χ2v) is 5.34. The molecule has 1 aromatic carbocycles. The Kier molecular flexibility index (Phi) is 4.14. The maximum atomic E-state index is 5.48. The zero-order chi connectivity index (χ0) is 13.8. The molecule has 1 aromatic heterocycles. The summed E-state index contributed by atoms with van der Waals surface area (Å²) in [6.45, 7) is 2.63. The van der Waals surface area contributed by atoms with E-state index in [2.05, 4.69) is 40.9 Å². The second-order valence-electron chi connectivity index (χ2n) is 5.34. The van der Waals surface area contributed by atoms with Gasteiger partial charge in [0.2, 0.25) is 0 Å². The van der Waals surface area contributed by atoms with Crippen molar-refractivity contribution in [1.82, 2.24) is 15.1 Å². The first-order chi connectivity index (χ1) is 9.86. The smallest absolute Gasteiger partial charge is 0.0568 e. The first-order valence-corrected chi connectivity index (χ1v) is 7.19. The molecule has 1 N–H and O–H groups in total. The Morgan fingerprint density at radius 2 is 2.20 bits per heavy atom. The first-order valence-electron chi connectivity index (χ1n) is 7.19. The van der Waals surface area contributed by atoms with E-state index in [1.165, 1.54) is 11.1 Å². The number of ether oxygens (including phenoxy) is 1. The molecular formula is C16H21N3O. The van der Waals surface area contributed by atoms with Gasteiger partial charge in [-0.15, -0.1) is 0 Å². The number of rotatable bonds is 5. The molecule has 2 aromatic rings. The monoisotopic (exact) mass is 271 g/mol. The Balaban J connectivity index is 1.70. The van der Waals surface area contributed by atoms with Gasteiger partial charge >= 0.3 is 0 Å². The topological polar surface area (TPSA) is 39.1 Å². The molecule has 0 bridgehead atoms. The maximum absolute atomic E-state index is 5.48. The molecule has 20 heavy (non-hydrogen) atoms. The molecule has 2 unspecified atom stereocenters. The molecule has 4 heteroatoms. The zero-order valence-corrected chi connectivity index (χ0v) is 11.8. The number of nitrogens with one attached hydrogen (secondary N) is 1. The fraction of sp³-hybridized carbons (Fsp3) is 0.438. The quantitative estimate of drug-likeness (QED) is 0.906. The standard InChI is InChI=1S/C16H21N3O/c1-17-16(14-7-8-20-12-14)11-19-10-15(9-18-19)13-5-3-2-4-6-13/h2-6,9-10,14,16-17H,7-8,11-12H2,1H3. The van der Waals surface area contributed by atoms with E-state index in [4.69, 9.17) is 4.74 Å². The average molecular weight is 271 g/mol. The summed E-state index contributed by atoms with van der Waals surface area (Å²) in [4.78, 5) is 0. The van der Waals surface area contributed by atoms with Crippen molar-refractivity contribution in [3.8, 4) is 11.1 Å². The normalized spacial score (nSPS) is 20.1. The van der Waals surface area contributed by atoms with Gasteiger partial charge in [0.15, 0.2) is 0 Å². The molecule has 1 aliphatic rings. The second kappa shape index (κ2) is 6.20. The van der Waals surface area contributed by atoms with Crippen molar-refractivity contribution in [2.45, 2.75) is 19.0 Å². The van der Waals surface area contributed by atoms with E-state index in [1.54, 1.807) is 0 Å². The summed E-state index contributed by atoms with van der Waals surface area (Å²) >= 11 is 0. The van der Waals surface area contributed by atoms with E-state index in [1.807, 2.05) is 24.0 Å². The lowest BCUT2D eigenvalue weighted by Gasteiger charge is -2.21. The van der Waals surface area contributed by atoms with E-state index < -0.39 is 0 Å². The van der Waals surface area contributed by atoms with Gasteiger partial charge < -0.3 is 10.1 Å². The molecule has 4 nitrogen and oxygen atoms in total. The summed E-state index contributed by atoms with van der Waals surface area (Å²) in [5, 5.41) is 7.89. The fourth-order valence-corrected chi connectivity index (χ4v) is 2.79.